The maximum absolute atomic E-state index is 12.1. The van der Waals surface area contributed by atoms with Gasteiger partial charge in [0.25, 0.3) is 0 Å². The number of fused-ring (bicyclic) bond motifs is 1. The van der Waals surface area contributed by atoms with Crippen LogP contribution in [0.5, 0.6) is 17.2 Å². The topological polar surface area (TPSA) is 87.0 Å². The second kappa shape index (κ2) is 5.88. The SMILES string of the molecule is O=C(OCc1cccc(O)c1O)c1ccc2ccc(O)cc2c1. The minimum absolute atomic E-state index is 0.118. The Morgan fingerprint density at radius 3 is 2.52 bits per heavy atom. The third-order valence-corrected chi connectivity index (χ3v) is 3.52. The van der Waals surface area contributed by atoms with E-state index in [0.717, 1.165) is 10.8 Å². The van der Waals surface area contributed by atoms with Gasteiger partial charge in [-0.15, -0.1) is 0 Å². The van der Waals surface area contributed by atoms with Crippen LogP contribution in [-0.4, -0.2) is 21.3 Å². The zero-order chi connectivity index (χ0) is 16.4. The van der Waals surface area contributed by atoms with Crippen molar-refractivity contribution < 1.29 is 24.9 Å². The number of esters is 1. The highest BCUT2D eigenvalue weighted by molar-refractivity contribution is 5.95. The molecule has 23 heavy (non-hydrogen) atoms. The number of carbonyl (C=O) groups is 1. The zero-order valence-corrected chi connectivity index (χ0v) is 12.1. The van der Waals surface area contributed by atoms with Crippen molar-refractivity contribution in [2.24, 2.45) is 0 Å². The van der Waals surface area contributed by atoms with Gasteiger partial charge in [-0.1, -0.05) is 24.3 Å². The molecule has 0 aromatic heterocycles. The molecule has 5 heteroatoms. The van der Waals surface area contributed by atoms with Crippen molar-refractivity contribution in [3.63, 3.8) is 0 Å². The maximum atomic E-state index is 12.1. The van der Waals surface area contributed by atoms with E-state index >= 15 is 0 Å². The molecule has 0 aliphatic heterocycles. The fourth-order valence-corrected chi connectivity index (χ4v) is 2.28. The lowest BCUT2D eigenvalue weighted by Crippen LogP contribution is -2.05. The van der Waals surface area contributed by atoms with Gasteiger partial charge in [-0.25, -0.2) is 4.79 Å². The lowest BCUT2D eigenvalue weighted by atomic mass is 10.1. The van der Waals surface area contributed by atoms with Crippen LogP contribution >= 0.6 is 0 Å². The van der Waals surface area contributed by atoms with Gasteiger partial charge < -0.3 is 20.1 Å². The summed E-state index contributed by atoms with van der Waals surface area (Å²) in [7, 11) is 0. The van der Waals surface area contributed by atoms with E-state index in [9.17, 15) is 20.1 Å². The third-order valence-electron chi connectivity index (χ3n) is 3.52. The summed E-state index contributed by atoms with van der Waals surface area (Å²) >= 11 is 0. The number of hydrogen-bond acceptors (Lipinski definition) is 5. The first-order valence-electron chi connectivity index (χ1n) is 6.94. The Hall–Kier alpha value is -3.21. The fourth-order valence-electron chi connectivity index (χ4n) is 2.28. The Bertz CT molecular complexity index is 886. The van der Waals surface area contributed by atoms with Crippen molar-refractivity contribution in [2.45, 2.75) is 6.61 Å². The standard InChI is InChI=1S/C18H14O5/c19-15-7-6-11-4-5-12(8-14(11)9-15)18(22)23-10-13-2-1-3-16(20)17(13)21/h1-9,19-21H,10H2. The molecule has 5 nitrogen and oxygen atoms in total. The summed E-state index contributed by atoms with van der Waals surface area (Å²) in [6, 6.07) is 14.4. The first-order valence-corrected chi connectivity index (χ1v) is 6.94. The van der Waals surface area contributed by atoms with E-state index in [1.54, 1.807) is 48.5 Å². The van der Waals surface area contributed by atoms with E-state index in [-0.39, 0.29) is 23.9 Å². The van der Waals surface area contributed by atoms with Crippen molar-refractivity contribution in [3.8, 4) is 17.2 Å². The Morgan fingerprint density at radius 2 is 1.70 bits per heavy atom. The summed E-state index contributed by atoms with van der Waals surface area (Å²) in [6.07, 6.45) is 0. The minimum atomic E-state index is -0.557. The molecule has 3 rings (SSSR count). The number of phenols is 3. The van der Waals surface area contributed by atoms with Gasteiger partial charge in [0.1, 0.15) is 12.4 Å². The normalized spacial score (nSPS) is 10.6. The average molecular weight is 310 g/mol. The van der Waals surface area contributed by atoms with Crippen LogP contribution in [-0.2, 0) is 11.3 Å². The Kier molecular flexibility index (Phi) is 3.76. The number of hydrogen-bond donors (Lipinski definition) is 3. The van der Waals surface area contributed by atoms with Crippen molar-refractivity contribution in [1.82, 2.24) is 0 Å². The van der Waals surface area contributed by atoms with Crippen LogP contribution in [0.2, 0.25) is 0 Å². The molecule has 3 N–H and O–H groups in total. The number of aromatic hydroxyl groups is 3. The minimum Gasteiger partial charge on any atom is -0.508 e. The molecule has 0 saturated carbocycles. The predicted octanol–water partition coefficient (Wildman–Crippen LogP) is 3.31. The molecular weight excluding hydrogens is 296 g/mol. The molecule has 0 radical (unpaired) electrons. The van der Waals surface area contributed by atoms with Crippen LogP contribution in [0.15, 0.2) is 54.6 Å². The summed E-state index contributed by atoms with van der Waals surface area (Å²) in [6.45, 7) is -0.156. The Labute approximate surface area is 132 Å². The predicted molar refractivity (Wildman–Crippen MR) is 84.5 cm³/mol. The highest BCUT2D eigenvalue weighted by Crippen LogP contribution is 2.29. The second-order valence-electron chi connectivity index (χ2n) is 5.11. The van der Waals surface area contributed by atoms with E-state index in [2.05, 4.69) is 0 Å². The highest BCUT2D eigenvalue weighted by Gasteiger charge is 2.11. The molecule has 0 saturated heterocycles. The summed E-state index contributed by atoms with van der Waals surface area (Å²) in [5, 5.41) is 30.2. The monoisotopic (exact) mass is 310 g/mol. The lowest BCUT2D eigenvalue weighted by Gasteiger charge is -2.08. The largest absolute Gasteiger partial charge is 0.508 e. The molecule has 3 aromatic rings. The molecule has 0 aliphatic rings. The molecule has 0 fully saturated rings. The third kappa shape index (κ3) is 3.03. The van der Waals surface area contributed by atoms with E-state index in [1.807, 2.05) is 0 Å². The van der Waals surface area contributed by atoms with E-state index < -0.39 is 5.97 Å². The molecule has 0 bridgehead atoms. The quantitative estimate of drug-likeness (QED) is 0.510. The van der Waals surface area contributed by atoms with Crippen molar-refractivity contribution >= 4 is 16.7 Å². The van der Waals surface area contributed by atoms with Gasteiger partial charge in [0.05, 0.1) is 5.56 Å². The van der Waals surface area contributed by atoms with Gasteiger partial charge in [-0.05, 0) is 41.1 Å². The Balaban J connectivity index is 1.79. The Morgan fingerprint density at radius 1 is 0.913 bits per heavy atom. The van der Waals surface area contributed by atoms with Crippen LogP contribution in [0.1, 0.15) is 15.9 Å². The van der Waals surface area contributed by atoms with Crippen LogP contribution < -0.4 is 0 Å². The van der Waals surface area contributed by atoms with E-state index in [4.69, 9.17) is 4.74 Å². The van der Waals surface area contributed by atoms with Crippen LogP contribution in [0.3, 0.4) is 0 Å². The van der Waals surface area contributed by atoms with E-state index in [0.29, 0.717) is 11.1 Å². The number of ether oxygens (including phenoxy) is 1. The molecule has 0 heterocycles. The summed E-state index contributed by atoms with van der Waals surface area (Å²) in [5.74, 6) is -1.01. The number of benzene rings is 3. The number of carbonyl (C=O) groups excluding carboxylic acids is 1. The molecular formula is C18H14O5. The molecule has 0 aliphatic carbocycles. The first-order chi connectivity index (χ1) is 11.0. The molecule has 0 atom stereocenters. The maximum Gasteiger partial charge on any atom is 0.338 e. The first kappa shape index (κ1) is 14.7. The molecule has 0 unspecified atom stereocenters. The van der Waals surface area contributed by atoms with Crippen LogP contribution in [0.25, 0.3) is 10.8 Å². The van der Waals surface area contributed by atoms with Crippen molar-refractivity contribution in [3.05, 3.63) is 65.7 Å². The van der Waals surface area contributed by atoms with Gasteiger partial charge in [-0.3, -0.25) is 0 Å². The smallest absolute Gasteiger partial charge is 0.338 e. The van der Waals surface area contributed by atoms with Gasteiger partial charge in [0.15, 0.2) is 11.5 Å². The average Bonchev–Trinajstić information content (AvgIpc) is 2.55. The van der Waals surface area contributed by atoms with Crippen LogP contribution in [0.4, 0.5) is 0 Å². The zero-order valence-electron chi connectivity index (χ0n) is 12.1. The second-order valence-corrected chi connectivity index (χ2v) is 5.11. The number of phenolic OH excluding ortho intramolecular Hbond substituents is 3. The fraction of sp³-hybridized carbons (Fsp3) is 0.0556. The molecule has 3 aromatic carbocycles. The number of para-hydroxylation sites is 1. The van der Waals surface area contributed by atoms with Gasteiger partial charge in [0, 0.05) is 5.56 Å². The summed E-state index contributed by atoms with van der Waals surface area (Å²) in [5.41, 5.74) is 0.652. The summed E-state index contributed by atoms with van der Waals surface area (Å²) < 4.78 is 5.16. The molecule has 0 spiro atoms. The van der Waals surface area contributed by atoms with Crippen LogP contribution in [0, 0.1) is 0 Å². The lowest BCUT2D eigenvalue weighted by molar-refractivity contribution is 0.0470. The summed E-state index contributed by atoms with van der Waals surface area (Å²) in [4.78, 5) is 12.1. The van der Waals surface area contributed by atoms with Gasteiger partial charge in [0.2, 0.25) is 0 Å². The van der Waals surface area contributed by atoms with Crippen molar-refractivity contribution in [2.75, 3.05) is 0 Å². The van der Waals surface area contributed by atoms with Crippen molar-refractivity contribution in [1.29, 1.82) is 0 Å². The van der Waals surface area contributed by atoms with Gasteiger partial charge in [-0.2, -0.15) is 0 Å². The van der Waals surface area contributed by atoms with E-state index in [1.165, 1.54) is 6.07 Å². The highest BCUT2D eigenvalue weighted by atomic mass is 16.5. The molecule has 0 amide bonds. The van der Waals surface area contributed by atoms with Gasteiger partial charge >= 0.3 is 5.97 Å². The number of rotatable bonds is 3. The molecule has 116 valence electrons.